The van der Waals surface area contributed by atoms with Crippen LogP contribution in [-0.2, 0) is 38.1 Å². The first-order valence-corrected chi connectivity index (χ1v) is 26.0. The molecule has 0 radical (unpaired) electrons. The Morgan fingerprint density at radius 2 is 0.984 bits per heavy atom. The second kappa shape index (κ2) is 42.6. The van der Waals surface area contributed by atoms with Gasteiger partial charge in [-0.15, -0.1) is 0 Å². The molecule has 2 atom stereocenters. The van der Waals surface area contributed by atoms with E-state index in [0.717, 1.165) is 116 Å². The van der Waals surface area contributed by atoms with Crippen molar-refractivity contribution < 1.29 is 48.0 Å². The molecule has 0 spiro atoms. The minimum Gasteiger partial charge on any atom is -0.465 e. The maximum atomic E-state index is 13.4. The van der Waals surface area contributed by atoms with Crippen molar-refractivity contribution in [3.63, 3.8) is 0 Å². The zero-order valence-electron chi connectivity index (χ0n) is 40.4. The van der Waals surface area contributed by atoms with Crippen LogP contribution in [0.1, 0.15) is 196 Å². The fraction of sp³-hybridized carbons (Fsp3) is 0.898. The van der Waals surface area contributed by atoms with E-state index in [9.17, 15) is 29.1 Å². The monoisotopic (exact) mass is 901 g/mol. The zero-order chi connectivity index (χ0) is 46.1. The van der Waals surface area contributed by atoms with Crippen molar-refractivity contribution in [3.8, 4) is 0 Å². The number of unbranched alkanes of at least 4 members (excludes halogenated alkanes) is 10. The number of esters is 4. The van der Waals surface area contributed by atoms with Gasteiger partial charge in [0.2, 0.25) is 0 Å². The van der Waals surface area contributed by atoms with Crippen molar-refractivity contribution in [2.45, 2.75) is 196 Å². The third-order valence-corrected chi connectivity index (χ3v) is 12.3. The molecule has 12 nitrogen and oxygen atoms in total. The lowest BCUT2D eigenvalue weighted by Gasteiger charge is -2.27. The summed E-state index contributed by atoms with van der Waals surface area (Å²) >= 11 is 1.24. The molecule has 364 valence electrons. The molecule has 13 heteroatoms. The van der Waals surface area contributed by atoms with Crippen LogP contribution in [0.25, 0.3) is 0 Å². The molecular weight excluding hydrogens is 809 g/mol. The molecule has 2 unspecified atom stereocenters. The fourth-order valence-electron chi connectivity index (χ4n) is 7.25. The van der Waals surface area contributed by atoms with Crippen LogP contribution in [0, 0.1) is 17.8 Å². The largest absolute Gasteiger partial charge is 0.465 e. The van der Waals surface area contributed by atoms with Gasteiger partial charge in [-0.1, -0.05) is 130 Å². The minimum atomic E-state index is -0.474. The Bertz CT molecular complexity index is 1060. The van der Waals surface area contributed by atoms with Crippen molar-refractivity contribution >= 4 is 40.9 Å². The number of nitrogens with zero attached hydrogens (tertiary/aromatic N) is 2. The second-order valence-corrected chi connectivity index (χ2v) is 17.9. The Labute approximate surface area is 382 Å². The smallest absolute Gasteiger partial charge is 0.308 e. The minimum absolute atomic E-state index is 0.0403. The SMILES string of the molecule is CCCCCCC(CCCC)C(=O)OCCCCC(=O)OCC(COC(=O)CCCCOC(=O)C(CCCC)CCCCCC)CN(CCCO)C(=O)SCCCN(CC)CC. The number of thioether (sulfide) groups is 1. The zero-order valence-corrected chi connectivity index (χ0v) is 41.2. The fourth-order valence-corrected chi connectivity index (χ4v) is 8.05. The maximum absolute atomic E-state index is 13.4. The summed E-state index contributed by atoms with van der Waals surface area (Å²) in [6.07, 6.45) is 20.1. The summed E-state index contributed by atoms with van der Waals surface area (Å²) in [5, 5.41) is 9.47. The molecule has 0 aromatic rings. The van der Waals surface area contributed by atoms with Crippen LogP contribution < -0.4 is 0 Å². The molecule has 0 bridgehead atoms. The first kappa shape index (κ1) is 59.6. The molecule has 0 aliphatic rings. The molecule has 62 heavy (non-hydrogen) atoms. The van der Waals surface area contributed by atoms with Gasteiger partial charge in [0.15, 0.2) is 0 Å². The van der Waals surface area contributed by atoms with E-state index in [2.05, 4.69) is 46.4 Å². The Hall–Kier alpha value is -2.38. The maximum Gasteiger partial charge on any atom is 0.308 e. The molecule has 0 saturated heterocycles. The van der Waals surface area contributed by atoms with Gasteiger partial charge in [0.25, 0.3) is 5.24 Å². The third-order valence-electron chi connectivity index (χ3n) is 11.4. The van der Waals surface area contributed by atoms with Crippen LogP contribution in [-0.4, -0.2) is 116 Å². The molecule has 0 fully saturated rings. The normalized spacial score (nSPS) is 12.8. The highest BCUT2D eigenvalue weighted by Crippen LogP contribution is 2.21. The molecule has 0 aromatic heterocycles. The van der Waals surface area contributed by atoms with E-state index in [4.69, 9.17) is 18.9 Å². The van der Waals surface area contributed by atoms with Gasteiger partial charge in [-0.25, -0.2) is 0 Å². The van der Waals surface area contributed by atoms with Crippen molar-refractivity contribution in [2.75, 3.05) is 71.5 Å². The molecule has 0 saturated carbocycles. The van der Waals surface area contributed by atoms with E-state index in [-0.39, 0.29) is 81.4 Å². The molecule has 0 rings (SSSR count). The predicted molar refractivity (Wildman–Crippen MR) is 252 cm³/mol. The molecule has 0 aliphatic carbocycles. The van der Waals surface area contributed by atoms with E-state index in [1.165, 1.54) is 24.6 Å². The lowest BCUT2D eigenvalue weighted by Crippen LogP contribution is -2.38. The van der Waals surface area contributed by atoms with Crippen LogP contribution in [0.3, 0.4) is 0 Å². The van der Waals surface area contributed by atoms with Crippen molar-refractivity contribution in [3.05, 3.63) is 0 Å². The molecule has 1 N–H and O–H groups in total. The molecule has 0 aliphatic heterocycles. The predicted octanol–water partition coefficient (Wildman–Crippen LogP) is 10.9. The van der Waals surface area contributed by atoms with Crippen LogP contribution in [0.4, 0.5) is 4.79 Å². The number of aliphatic hydroxyl groups is 1. The highest BCUT2D eigenvalue weighted by atomic mass is 32.2. The highest BCUT2D eigenvalue weighted by molar-refractivity contribution is 8.13. The Morgan fingerprint density at radius 1 is 0.516 bits per heavy atom. The number of hydrogen-bond acceptors (Lipinski definition) is 12. The number of rotatable bonds is 43. The van der Waals surface area contributed by atoms with Gasteiger partial charge in [0, 0.05) is 44.2 Å². The Balaban J connectivity index is 5.25. The summed E-state index contributed by atoms with van der Waals surface area (Å²) in [4.78, 5) is 68.8. The number of hydrogen-bond donors (Lipinski definition) is 1. The molecule has 0 aromatic carbocycles. The summed E-state index contributed by atoms with van der Waals surface area (Å²) in [5.41, 5.74) is 0. The summed E-state index contributed by atoms with van der Waals surface area (Å²) in [6.45, 7) is 16.5. The summed E-state index contributed by atoms with van der Waals surface area (Å²) in [7, 11) is 0. The number of ether oxygens (including phenoxy) is 4. The van der Waals surface area contributed by atoms with Crippen LogP contribution >= 0.6 is 11.8 Å². The van der Waals surface area contributed by atoms with Gasteiger partial charge in [-0.2, -0.15) is 0 Å². The van der Waals surface area contributed by atoms with Gasteiger partial charge < -0.3 is 33.9 Å². The number of aliphatic hydroxyl groups excluding tert-OH is 1. The average molecular weight is 901 g/mol. The number of amides is 1. The third kappa shape index (κ3) is 33.2. The van der Waals surface area contributed by atoms with E-state index < -0.39 is 17.9 Å². The second-order valence-electron chi connectivity index (χ2n) is 16.9. The summed E-state index contributed by atoms with van der Waals surface area (Å²) in [5.74, 6) is -1.05. The van der Waals surface area contributed by atoms with Gasteiger partial charge in [0.1, 0.15) is 0 Å². The van der Waals surface area contributed by atoms with E-state index >= 15 is 0 Å². The van der Waals surface area contributed by atoms with Crippen LogP contribution in [0.15, 0.2) is 0 Å². The van der Waals surface area contributed by atoms with E-state index in [0.29, 0.717) is 44.4 Å². The quantitative estimate of drug-likeness (QED) is 0.0353. The van der Waals surface area contributed by atoms with Crippen LogP contribution in [0.5, 0.6) is 0 Å². The standard InChI is InChI=1S/C49H92N2O10S/c1-7-13-17-19-29-43(27-15-9-3)47(55)58-36-23-21-31-45(53)60-40-42(39-51(34-25-35-52)49(57)62-38-26-33-50(11-5)12-6)41-61-46(54)32-22-24-37-59-48(56)44(28-16-10-4)30-20-18-14-8-2/h42-44,52H,7-41H2,1-6H3. The van der Waals surface area contributed by atoms with Crippen molar-refractivity contribution in [1.82, 2.24) is 9.80 Å². The van der Waals surface area contributed by atoms with Crippen LogP contribution in [0.2, 0.25) is 0 Å². The topological polar surface area (TPSA) is 149 Å². The van der Waals surface area contributed by atoms with E-state index in [1.54, 1.807) is 4.90 Å². The lowest BCUT2D eigenvalue weighted by molar-refractivity contribution is -0.150. The lowest BCUT2D eigenvalue weighted by atomic mass is 9.95. The molecule has 1 amide bonds. The first-order chi connectivity index (χ1) is 30.1. The molecule has 0 heterocycles. The number of carbonyl (C=O) groups is 5. The van der Waals surface area contributed by atoms with Gasteiger partial charge in [0.05, 0.1) is 38.3 Å². The van der Waals surface area contributed by atoms with Crippen molar-refractivity contribution in [2.24, 2.45) is 17.8 Å². The van der Waals surface area contributed by atoms with Crippen molar-refractivity contribution in [1.29, 1.82) is 0 Å². The average Bonchev–Trinajstić information content (AvgIpc) is 3.27. The van der Waals surface area contributed by atoms with E-state index in [1.807, 2.05) is 0 Å². The number of carbonyl (C=O) groups excluding carboxylic acids is 5. The Morgan fingerprint density at radius 3 is 1.42 bits per heavy atom. The van der Waals surface area contributed by atoms with Gasteiger partial charge in [-0.3, -0.25) is 24.0 Å². The summed E-state index contributed by atoms with van der Waals surface area (Å²) in [6, 6.07) is 0. The summed E-state index contributed by atoms with van der Waals surface area (Å²) < 4.78 is 22.6. The Kier molecular flexibility index (Phi) is 40.9. The van der Waals surface area contributed by atoms with Gasteiger partial charge >= 0.3 is 23.9 Å². The molecular formula is C49H92N2O10S. The first-order valence-electron chi connectivity index (χ1n) is 25.0. The highest BCUT2D eigenvalue weighted by Gasteiger charge is 2.24. The van der Waals surface area contributed by atoms with Gasteiger partial charge in [-0.05, 0) is 83.8 Å².